The van der Waals surface area contributed by atoms with Crippen molar-refractivity contribution in [2.45, 2.75) is 69.4 Å². The van der Waals surface area contributed by atoms with E-state index in [-0.39, 0.29) is 16.9 Å². The third-order valence-electron chi connectivity index (χ3n) is 8.05. The van der Waals surface area contributed by atoms with Crippen LogP contribution in [0, 0.1) is 5.92 Å². The molecule has 42 heavy (non-hydrogen) atoms. The number of ether oxygens (including phenoxy) is 1. The molecule has 2 fully saturated rings. The van der Waals surface area contributed by atoms with Crippen molar-refractivity contribution in [2.75, 3.05) is 55.7 Å². The van der Waals surface area contributed by atoms with Crippen LogP contribution >= 0.6 is 0 Å². The molecule has 2 aromatic carbocycles. The maximum atomic E-state index is 12.6. The van der Waals surface area contributed by atoms with E-state index in [1.807, 2.05) is 31.7 Å². The highest BCUT2D eigenvalue weighted by atomic mass is 32.2. The molecule has 2 amide bonds. The van der Waals surface area contributed by atoms with Crippen LogP contribution in [0.4, 0.5) is 16.2 Å². The highest BCUT2D eigenvalue weighted by molar-refractivity contribution is 7.90. The molecule has 1 N–H and O–H groups in total. The Hall–Kier alpha value is -3.11. The Morgan fingerprint density at radius 2 is 1.55 bits per heavy atom. The lowest BCUT2D eigenvalue weighted by atomic mass is 9.93. The summed E-state index contributed by atoms with van der Waals surface area (Å²) in [7, 11) is -3.26. The Balaban J connectivity index is 1.24. The van der Waals surface area contributed by atoms with Gasteiger partial charge in [0.05, 0.1) is 4.90 Å². The Labute approximate surface area is 251 Å². The average Bonchev–Trinajstić information content (AvgIpc) is 2.94. The second-order valence-electron chi connectivity index (χ2n) is 12.6. The summed E-state index contributed by atoms with van der Waals surface area (Å²) in [5, 5.41) is 2.91. The van der Waals surface area contributed by atoms with Crippen LogP contribution in [-0.2, 0) is 19.4 Å². The van der Waals surface area contributed by atoms with Crippen LogP contribution in [0.15, 0.2) is 59.5 Å². The monoisotopic (exact) mass is 598 g/mol. The number of hydrogen-bond acceptors (Lipinski definition) is 7. The van der Waals surface area contributed by atoms with Crippen molar-refractivity contribution in [1.82, 2.24) is 9.80 Å². The first-order chi connectivity index (χ1) is 19.9. The molecule has 0 aliphatic carbocycles. The topological polar surface area (TPSA) is 99.3 Å². The number of likely N-dealkylation sites (tertiary alicyclic amines) is 2. The predicted molar refractivity (Wildman–Crippen MR) is 167 cm³/mol. The van der Waals surface area contributed by atoms with Gasteiger partial charge in [0.25, 0.3) is 0 Å². The van der Waals surface area contributed by atoms with Crippen LogP contribution in [0.25, 0.3) is 0 Å². The van der Waals surface area contributed by atoms with E-state index < -0.39 is 15.4 Å². The molecule has 0 unspecified atom stereocenters. The molecule has 2 aliphatic heterocycles. The van der Waals surface area contributed by atoms with E-state index in [0.717, 1.165) is 51.9 Å². The van der Waals surface area contributed by atoms with Crippen LogP contribution in [0.1, 0.15) is 52.9 Å². The molecular formula is C32H46N4O5S. The van der Waals surface area contributed by atoms with Crippen molar-refractivity contribution in [1.29, 1.82) is 0 Å². The number of carbonyl (C=O) groups excluding carboxylic acids is 2. The first kappa shape index (κ1) is 31.8. The molecule has 0 spiro atoms. The lowest BCUT2D eigenvalue weighted by molar-refractivity contribution is -0.117. The standard InChI is InChI=1S/C32H46N4O5S/c1-32(2,3)41-31(38)35-20-16-28(17-21-35)36(27-8-6-5-7-9-27)23-22-34-18-14-25(15-19-34)24-30(37)33-26-10-12-29(13-11-26)42(4,39)40/h5-13,25,28H,14-24H2,1-4H3,(H,33,37). The van der Waals surface area contributed by atoms with E-state index in [0.29, 0.717) is 37.2 Å². The highest BCUT2D eigenvalue weighted by Gasteiger charge is 2.30. The molecule has 0 saturated carbocycles. The van der Waals surface area contributed by atoms with Gasteiger partial charge < -0.3 is 24.8 Å². The van der Waals surface area contributed by atoms with Crippen LogP contribution in [0.3, 0.4) is 0 Å². The maximum Gasteiger partial charge on any atom is 0.410 e. The van der Waals surface area contributed by atoms with Gasteiger partial charge in [-0.05, 0) is 102 Å². The van der Waals surface area contributed by atoms with Crippen LogP contribution in [0.2, 0.25) is 0 Å². The SMILES string of the molecule is CC(C)(C)OC(=O)N1CCC(N(CCN2CCC(CC(=O)Nc3ccc(S(C)(=O)=O)cc3)CC2)c2ccccc2)CC1. The molecule has 4 rings (SSSR count). The number of benzene rings is 2. The summed E-state index contributed by atoms with van der Waals surface area (Å²) in [4.78, 5) is 32.3. The fraction of sp³-hybridized carbons (Fsp3) is 0.562. The Kier molecular flexibility index (Phi) is 10.5. The number of nitrogens with zero attached hydrogens (tertiary/aromatic N) is 3. The number of carbonyl (C=O) groups is 2. The van der Waals surface area contributed by atoms with Gasteiger partial charge in [-0.15, -0.1) is 0 Å². The van der Waals surface area contributed by atoms with Gasteiger partial charge >= 0.3 is 6.09 Å². The van der Waals surface area contributed by atoms with Crippen LogP contribution in [0.5, 0.6) is 0 Å². The molecule has 0 radical (unpaired) electrons. The zero-order valence-electron chi connectivity index (χ0n) is 25.4. The van der Waals surface area contributed by atoms with E-state index in [1.165, 1.54) is 24.1 Å². The third kappa shape index (κ3) is 9.46. The number of rotatable bonds is 9. The number of para-hydroxylation sites is 1. The summed E-state index contributed by atoms with van der Waals surface area (Å²) in [5.41, 5.74) is 1.34. The zero-order valence-corrected chi connectivity index (χ0v) is 26.2. The molecular weight excluding hydrogens is 552 g/mol. The van der Waals surface area contributed by atoms with Crippen molar-refractivity contribution in [3.63, 3.8) is 0 Å². The van der Waals surface area contributed by atoms with E-state index in [9.17, 15) is 18.0 Å². The Bertz CT molecular complexity index is 1280. The maximum absolute atomic E-state index is 12.6. The molecule has 2 heterocycles. The van der Waals surface area contributed by atoms with Gasteiger partial charge in [-0.25, -0.2) is 13.2 Å². The fourth-order valence-corrected chi connectivity index (χ4v) is 6.38. The van der Waals surface area contributed by atoms with Gasteiger partial charge in [0.15, 0.2) is 9.84 Å². The first-order valence-corrected chi connectivity index (χ1v) is 16.9. The first-order valence-electron chi connectivity index (χ1n) is 15.0. The van der Waals surface area contributed by atoms with Crippen molar-refractivity contribution >= 4 is 33.2 Å². The highest BCUT2D eigenvalue weighted by Crippen LogP contribution is 2.26. The zero-order chi connectivity index (χ0) is 30.3. The second kappa shape index (κ2) is 13.9. The molecule has 2 aliphatic rings. The second-order valence-corrected chi connectivity index (χ2v) is 14.6. The molecule has 10 heteroatoms. The smallest absolute Gasteiger partial charge is 0.410 e. The number of piperidine rings is 2. The van der Waals surface area contributed by atoms with Crippen LogP contribution < -0.4 is 10.2 Å². The summed E-state index contributed by atoms with van der Waals surface area (Å²) < 4.78 is 28.9. The summed E-state index contributed by atoms with van der Waals surface area (Å²) in [5.74, 6) is 0.299. The minimum Gasteiger partial charge on any atom is -0.444 e. The van der Waals surface area contributed by atoms with Gasteiger partial charge in [0.1, 0.15) is 5.60 Å². The number of anilines is 2. The molecule has 230 valence electrons. The molecule has 0 aromatic heterocycles. The largest absolute Gasteiger partial charge is 0.444 e. The molecule has 2 aromatic rings. The van der Waals surface area contributed by atoms with Gasteiger partial charge in [-0.2, -0.15) is 0 Å². The average molecular weight is 599 g/mol. The molecule has 9 nitrogen and oxygen atoms in total. The van der Waals surface area contributed by atoms with Crippen molar-refractivity contribution in [3.8, 4) is 0 Å². The Morgan fingerprint density at radius 3 is 2.12 bits per heavy atom. The van der Waals surface area contributed by atoms with Gasteiger partial charge in [-0.3, -0.25) is 4.79 Å². The van der Waals surface area contributed by atoms with Crippen molar-refractivity contribution in [2.24, 2.45) is 5.92 Å². The van der Waals surface area contributed by atoms with Crippen molar-refractivity contribution < 1.29 is 22.7 Å². The quantitative estimate of drug-likeness (QED) is 0.432. The number of hydrogen-bond donors (Lipinski definition) is 1. The van der Waals surface area contributed by atoms with E-state index >= 15 is 0 Å². The molecule has 0 bridgehead atoms. The summed E-state index contributed by atoms with van der Waals surface area (Å²) in [6, 6.07) is 17.2. The summed E-state index contributed by atoms with van der Waals surface area (Å²) >= 11 is 0. The lowest BCUT2D eigenvalue weighted by Gasteiger charge is -2.41. The van der Waals surface area contributed by atoms with Gasteiger partial charge in [-0.1, -0.05) is 18.2 Å². The third-order valence-corrected chi connectivity index (χ3v) is 9.18. The summed E-state index contributed by atoms with van der Waals surface area (Å²) in [6.45, 7) is 10.9. The minimum absolute atomic E-state index is 0.0338. The number of amides is 2. The van der Waals surface area contributed by atoms with Gasteiger partial charge in [0.2, 0.25) is 5.91 Å². The Morgan fingerprint density at radius 1 is 0.929 bits per heavy atom. The van der Waals surface area contributed by atoms with Crippen molar-refractivity contribution in [3.05, 3.63) is 54.6 Å². The number of nitrogens with one attached hydrogen (secondary N) is 1. The normalized spacial score (nSPS) is 17.6. The van der Waals surface area contributed by atoms with Crippen LogP contribution in [-0.4, -0.2) is 87.4 Å². The number of sulfone groups is 1. The van der Waals surface area contributed by atoms with Gasteiger partial charge in [0, 0.05) is 56.3 Å². The van der Waals surface area contributed by atoms with E-state index in [4.69, 9.17) is 4.74 Å². The lowest BCUT2D eigenvalue weighted by Crippen LogP contribution is -2.50. The molecule has 2 saturated heterocycles. The fourth-order valence-electron chi connectivity index (χ4n) is 5.75. The molecule has 0 atom stereocenters. The van der Waals surface area contributed by atoms with E-state index in [1.54, 1.807) is 12.1 Å². The predicted octanol–water partition coefficient (Wildman–Crippen LogP) is 5.04. The summed E-state index contributed by atoms with van der Waals surface area (Å²) in [6.07, 6.45) is 5.16. The minimum atomic E-state index is -3.26. The van der Waals surface area contributed by atoms with E-state index in [2.05, 4.69) is 39.4 Å².